The molecular weight excluding hydrogens is 216 g/mol. The number of nitrogens with one attached hydrogen (secondary N) is 1. The van der Waals surface area contributed by atoms with E-state index in [1.807, 2.05) is 23.1 Å². The van der Waals surface area contributed by atoms with Gasteiger partial charge in [0.05, 0.1) is 18.4 Å². The fourth-order valence-electron chi connectivity index (χ4n) is 1.52. The Morgan fingerprint density at radius 1 is 1.35 bits per heavy atom. The zero-order chi connectivity index (χ0) is 12.1. The summed E-state index contributed by atoms with van der Waals surface area (Å²) in [5.41, 5.74) is 1.07. The summed E-state index contributed by atoms with van der Waals surface area (Å²) in [5, 5.41) is 15.4. The summed E-state index contributed by atoms with van der Waals surface area (Å²) in [6.07, 6.45) is 5.55. The maximum atomic E-state index is 4.46. The minimum absolute atomic E-state index is 0.416. The van der Waals surface area contributed by atoms with Crippen LogP contribution in [0.1, 0.15) is 25.6 Å². The largest absolute Gasteiger partial charge is 0.309 e. The van der Waals surface area contributed by atoms with Gasteiger partial charge in [-0.05, 0) is 19.9 Å². The van der Waals surface area contributed by atoms with E-state index >= 15 is 0 Å². The average molecular weight is 234 g/mol. The molecule has 0 spiro atoms. The van der Waals surface area contributed by atoms with Gasteiger partial charge in [0.2, 0.25) is 0 Å². The molecule has 6 nitrogen and oxygen atoms in total. The van der Waals surface area contributed by atoms with Gasteiger partial charge in [0, 0.05) is 31.5 Å². The summed E-state index contributed by atoms with van der Waals surface area (Å²) in [5.74, 6) is 0. The van der Waals surface area contributed by atoms with Crippen molar-refractivity contribution in [3.63, 3.8) is 0 Å². The van der Waals surface area contributed by atoms with Crippen LogP contribution in [0.4, 0.5) is 0 Å². The number of aromatic nitrogens is 5. The van der Waals surface area contributed by atoms with Crippen LogP contribution >= 0.6 is 0 Å². The SMILES string of the molecule is CC(C)n1ccc(CNCCn2ccnn2)n1. The van der Waals surface area contributed by atoms with Gasteiger partial charge in [0.25, 0.3) is 0 Å². The Kier molecular flexibility index (Phi) is 3.87. The number of rotatable bonds is 6. The van der Waals surface area contributed by atoms with Gasteiger partial charge in [0.15, 0.2) is 0 Å². The zero-order valence-corrected chi connectivity index (χ0v) is 10.2. The molecule has 92 valence electrons. The van der Waals surface area contributed by atoms with Gasteiger partial charge in [-0.3, -0.25) is 9.36 Å². The molecule has 17 heavy (non-hydrogen) atoms. The van der Waals surface area contributed by atoms with Crippen molar-refractivity contribution in [2.24, 2.45) is 0 Å². The summed E-state index contributed by atoms with van der Waals surface area (Å²) in [7, 11) is 0. The molecule has 0 saturated carbocycles. The molecule has 0 saturated heterocycles. The van der Waals surface area contributed by atoms with Gasteiger partial charge in [-0.15, -0.1) is 5.10 Å². The Morgan fingerprint density at radius 3 is 2.88 bits per heavy atom. The molecule has 1 N–H and O–H groups in total. The topological polar surface area (TPSA) is 60.6 Å². The molecule has 6 heteroatoms. The first-order valence-corrected chi connectivity index (χ1v) is 5.84. The summed E-state index contributed by atoms with van der Waals surface area (Å²) in [4.78, 5) is 0. The molecule has 0 atom stereocenters. The first-order valence-electron chi connectivity index (χ1n) is 5.84. The first-order chi connectivity index (χ1) is 8.25. The van der Waals surface area contributed by atoms with Crippen LogP contribution in [0.5, 0.6) is 0 Å². The fraction of sp³-hybridized carbons (Fsp3) is 0.545. The summed E-state index contributed by atoms with van der Waals surface area (Å²) < 4.78 is 3.77. The lowest BCUT2D eigenvalue weighted by Crippen LogP contribution is -2.20. The van der Waals surface area contributed by atoms with Crippen molar-refractivity contribution in [3.05, 3.63) is 30.4 Å². The Morgan fingerprint density at radius 2 is 2.24 bits per heavy atom. The van der Waals surface area contributed by atoms with Crippen molar-refractivity contribution in [1.82, 2.24) is 30.1 Å². The minimum Gasteiger partial charge on any atom is -0.309 e. The van der Waals surface area contributed by atoms with Crippen LogP contribution in [-0.4, -0.2) is 31.3 Å². The van der Waals surface area contributed by atoms with E-state index in [2.05, 4.69) is 34.6 Å². The van der Waals surface area contributed by atoms with E-state index in [0.717, 1.165) is 25.3 Å². The van der Waals surface area contributed by atoms with Crippen molar-refractivity contribution >= 4 is 0 Å². The molecule has 2 rings (SSSR count). The smallest absolute Gasteiger partial charge is 0.0762 e. The van der Waals surface area contributed by atoms with Gasteiger partial charge in [0.1, 0.15) is 0 Å². The maximum Gasteiger partial charge on any atom is 0.0762 e. The van der Waals surface area contributed by atoms with Crippen molar-refractivity contribution in [2.45, 2.75) is 33.0 Å². The highest BCUT2D eigenvalue weighted by Gasteiger charge is 2.01. The van der Waals surface area contributed by atoms with E-state index in [4.69, 9.17) is 0 Å². The first kappa shape index (κ1) is 11.8. The molecule has 0 aliphatic carbocycles. The molecule has 0 radical (unpaired) electrons. The van der Waals surface area contributed by atoms with Crippen molar-refractivity contribution in [2.75, 3.05) is 6.54 Å². The number of hydrogen-bond acceptors (Lipinski definition) is 4. The standard InChI is InChI=1S/C11H18N6/c1-10(2)17-6-3-11(14-17)9-12-4-7-16-8-5-13-15-16/h3,5-6,8,10,12H,4,7,9H2,1-2H3. The van der Waals surface area contributed by atoms with Crippen LogP contribution in [0.3, 0.4) is 0 Å². The van der Waals surface area contributed by atoms with Crippen LogP contribution < -0.4 is 5.32 Å². The lowest BCUT2D eigenvalue weighted by molar-refractivity contribution is 0.511. The molecule has 0 fully saturated rings. The molecule has 0 aromatic carbocycles. The minimum atomic E-state index is 0.416. The maximum absolute atomic E-state index is 4.46. The highest BCUT2D eigenvalue weighted by Crippen LogP contribution is 2.03. The number of nitrogens with zero attached hydrogens (tertiary/aromatic N) is 5. The fourth-order valence-corrected chi connectivity index (χ4v) is 1.52. The predicted molar refractivity (Wildman–Crippen MR) is 64.3 cm³/mol. The van der Waals surface area contributed by atoms with E-state index in [0.29, 0.717) is 6.04 Å². The summed E-state index contributed by atoms with van der Waals surface area (Å²) >= 11 is 0. The summed E-state index contributed by atoms with van der Waals surface area (Å²) in [6.45, 7) is 6.71. The van der Waals surface area contributed by atoms with Gasteiger partial charge in [-0.1, -0.05) is 5.21 Å². The van der Waals surface area contributed by atoms with E-state index in [9.17, 15) is 0 Å². The normalized spacial score (nSPS) is 11.2. The van der Waals surface area contributed by atoms with Crippen LogP contribution in [-0.2, 0) is 13.1 Å². The van der Waals surface area contributed by atoms with E-state index in [1.165, 1.54) is 0 Å². The van der Waals surface area contributed by atoms with Crippen molar-refractivity contribution < 1.29 is 0 Å². The predicted octanol–water partition coefficient (Wildman–Crippen LogP) is 0.845. The number of hydrogen-bond donors (Lipinski definition) is 1. The Balaban J connectivity index is 1.71. The van der Waals surface area contributed by atoms with Crippen molar-refractivity contribution in [3.8, 4) is 0 Å². The third-order valence-electron chi connectivity index (χ3n) is 2.49. The van der Waals surface area contributed by atoms with Crippen LogP contribution in [0.15, 0.2) is 24.7 Å². The van der Waals surface area contributed by atoms with Gasteiger partial charge in [-0.2, -0.15) is 5.10 Å². The van der Waals surface area contributed by atoms with Gasteiger partial charge >= 0.3 is 0 Å². The Hall–Kier alpha value is -1.69. The molecule has 0 aliphatic heterocycles. The highest BCUT2D eigenvalue weighted by atomic mass is 15.4. The van der Waals surface area contributed by atoms with E-state index in [-0.39, 0.29) is 0 Å². The van der Waals surface area contributed by atoms with E-state index in [1.54, 1.807) is 10.9 Å². The van der Waals surface area contributed by atoms with Crippen LogP contribution in [0.25, 0.3) is 0 Å². The Bertz CT molecular complexity index is 431. The molecule has 2 aromatic heterocycles. The quantitative estimate of drug-likeness (QED) is 0.753. The third kappa shape index (κ3) is 3.39. The molecule has 2 heterocycles. The average Bonchev–Trinajstić information content (AvgIpc) is 2.96. The van der Waals surface area contributed by atoms with Crippen LogP contribution in [0, 0.1) is 0 Å². The third-order valence-corrected chi connectivity index (χ3v) is 2.49. The highest BCUT2D eigenvalue weighted by molar-refractivity contribution is 4.98. The summed E-state index contributed by atoms with van der Waals surface area (Å²) in [6, 6.07) is 2.46. The lowest BCUT2D eigenvalue weighted by atomic mass is 10.4. The van der Waals surface area contributed by atoms with Gasteiger partial charge < -0.3 is 5.32 Å². The molecule has 0 unspecified atom stereocenters. The second-order valence-electron chi connectivity index (χ2n) is 4.22. The molecule has 0 amide bonds. The lowest BCUT2D eigenvalue weighted by Gasteiger charge is -2.04. The molecule has 2 aromatic rings. The monoisotopic (exact) mass is 234 g/mol. The van der Waals surface area contributed by atoms with Crippen LogP contribution in [0.2, 0.25) is 0 Å². The van der Waals surface area contributed by atoms with E-state index < -0.39 is 0 Å². The zero-order valence-electron chi connectivity index (χ0n) is 10.2. The second-order valence-corrected chi connectivity index (χ2v) is 4.22. The van der Waals surface area contributed by atoms with Gasteiger partial charge in [-0.25, -0.2) is 0 Å². The van der Waals surface area contributed by atoms with Crippen molar-refractivity contribution in [1.29, 1.82) is 0 Å². The molecular formula is C11H18N6. The second kappa shape index (κ2) is 5.58. The Labute approximate surface area is 101 Å². The molecule has 0 aliphatic rings. The molecule has 0 bridgehead atoms.